The lowest BCUT2D eigenvalue weighted by Crippen LogP contribution is -2.30. The highest BCUT2D eigenvalue weighted by Crippen LogP contribution is 2.45. The smallest absolute Gasteiger partial charge is 0.462 e. The van der Waals surface area contributed by atoms with Gasteiger partial charge in [-0.3, -0.25) is 37.3 Å². The fraction of sp³-hybridized carbons (Fsp3) is 0.735. The average molecular weight is 1480 g/mol. The first-order valence-electron chi connectivity index (χ1n) is 40.1. The van der Waals surface area contributed by atoms with Crippen LogP contribution in [0.2, 0.25) is 0 Å². The molecule has 0 aliphatic heterocycles. The number of rotatable bonds is 75. The molecule has 17 nitrogen and oxygen atoms in total. The van der Waals surface area contributed by atoms with Gasteiger partial charge >= 0.3 is 39.5 Å². The van der Waals surface area contributed by atoms with Crippen molar-refractivity contribution in [3.05, 3.63) is 109 Å². The Hall–Kier alpha value is -4.28. The number of esters is 4. The third-order valence-corrected chi connectivity index (χ3v) is 18.6. The SMILES string of the molecule is CC/C=C\C/C=C\C/C=C\C/C=C\C/C=C\CCCCCC(=O)OCC(COP(=O)(O)OCC(O)COP(=O)(O)OCC(COC(=O)CCCCCCCC/C=C\C/C=C\C/C=C\CCCCC)OC(=O)CCCCCCCCCCCCCCC)OC(=O)CCCCCCC/C=C\CCCC. The van der Waals surface area contributed by atoms with Crippen molar-refractivity contribution in [2.45, 2.75) is 354 Å². The summed E-state index contributed by atoms with van der Waals surface area (Å²) in [5, 5.41) is 10.6. The van der Waals surface area contributed by atoms with Gasteiger partial charge in [0, 0.05) is 25.7 Å². The second kappa shape index (κ2) is 75.0. The van der Waals surface area contributed by atoms with Crippen LogP contribution in [0, 0.1) is 0 Å². The van der Waals surface area contributed by atoms with Crippen LogP contribution >= 0.6 is 15.6 Å². The summed E-state index contributed by atoms with van der Waals surface area (Å²) in [5.74, 6) is -2.22. The van der Waals surface area contributed by atoms with Crippen LogP contribution in [0.5, 0.6) is 0 Å². The molecule has 0 aromatic rings. The number of ether oxygens (including phenoxy) is 4. The molecule has 0 aromatic carbocycles. The fourth-order valence-corrected chi connectivity index (χ4v) is 12.2. The molecule has 0 fully saturated rings. The van der Waals surface area contributed by atoms with Crippen molar-refractivity contribution in [2.75, 3.05) is 39.6 Å². The quantitative estimate of drug-likeness (QED) is 0.0169. The van der Waals surface area contributed by atoms with E-state index in [0.717, 1.165) is 173 Å². The molecule has 19 heteroatoms. The molecule has 102 heavy (non-hydrogen) atoms. The Kier molecular flexibility index (Phi) is 71.8. The van der Waals surface area contributed by atoms with E-state index in [9.17, 15) is 43.2 Å². The monoisotopic (exact) mass is 1470 g/mol. The predicted molar refractivity (Wildman–Crippen MR) is 418 cm³/mol. The Balaban J connectivity index is 5.33. The standard InChI is InChI=1S/C83H144O17P2/c1-5-9-13-17-21-25-29-32-34-36-38-40-42-45-48-51-55-59-63-67-80(85)93-73-78(99-82(87)69-65-61-57-53-47-28-24-20-16-12-8-4)75-97-101(89,90)95-71-77(84)72-96-102(91,92)98-76-79(100-83(88)70-66-62-58-54-50-44-31-27-23-19-15-11-7-3)74-94-81(86)68-64-60-56-52-49-46-43-41-39-37-35-33-30-26-22-18-14-10-6-2/h9,13,20-22,24-26,32-35,38-41,45,48,77-79,84H,5-8,10-12,14-19,23,27-31,36-37,42-44,46-47,49-76H2,1-4H3,(H,89,90)(H,91,92)/b13-9-,24-20-,25-21-,26-22-,34-32-,35-33-,40-38-,41-39-,48-45-. The molecule has 5 unspecified atom stereocenters. The molecule has 0 aromatic heterocycles. The molecular formula is C83H144O17P2. The summed E-state index contributed by atoms with van der Waals surface area (Å²) in [7, 11) is -9.96. The molecule has 0 aliphatic carbocycles. The number of unbranched alkanes of at least 4 members (excludes halogenated alkanes) is 31. The molecule has 0 amide bonds. The first kappa shape index (κ1) is 97.7. The van der Waals surface area contributed by atoms with Gasteiger partial charge in [0.05, 0.1) is 26.4 Å². The van der Waals surface area contributed by atoms with Crippen molar-refractivity contribution >= 4 is 39.5 Å². The summed E-state index contributed by atoms with van der Waals surface area (Å²) in [6.07, 6.45) is 80.7. The number of carbonyl (C=O) groups is 4. The molecule has 0 aliphatic rings. The Bertz CT molecular complexity index is 2360. The van der Waals surface area contributed by atoms with Crippen molar-refractivity contribution in [1.82, 2.24) is 0 Å². The maximum atomic E-state index is 13.1. The van der Waals surface area contributed by atoms with Gasteiger partial charge in [-0.25, -0.2) is 9.13 Å². The zero-order valence-electron chi connectivity index (χ0n) is 64.3. The molecular weight excluding hydrogens is 1330 g/mol. The molecule has 0 saturated carbocycles. The normalized spacial score (nSPS) is 14.5. The van der Waals surface area contributed by atoms with Gasteiger partial charge in [0.1, 0.15) is 19.3 Å². The Morgan fingerprint density at radius 1 is 0.284 bits per heavy atom. The zero-order valence-corrected chi connectivity index (χ0v) is 66.0. The van der Waals surface area contributed by atoms with Gasteiger partial charge in [-0.15, -0.1) is 0 Å². The topological polar surface area (TPSA) is 237 Å². The minimum absolute atomic E-state index is 0.0759. The van der Waals surface area contributed by atoms with Gasteiger partial charge in [0.2, 0.25) is 0 Å². The number of aliphatic hydroxyl groups is 1. The van der Waals surface area contributed by atoms with E-state index < -0.39 is 97.5 Å². The van der Waals surface area contributed by atoms with E-state index in [2.05, 4.69) is 137 Å². The summed E-state index contributed by atoms with van der Waals surface area (Å²) in [4.78, 5) is 72.9. The molecule has 0 bridgehead atoms. The van der Waals surface area contributed by atoms with Crippen molar-refractivity contribution in [3.8, 4) is 0 Å². The van der Waals surface area contributed by atoms with Crippen molar-refractivity contribution in [2.24, 2.45) is 0 Å². The van der Waals surface area contributed by atoms with Crippen LogP contribution in [-0.2, 0) is 65.4 Å². The van der Waals surface area contributed by atoms with Crippen LogP contribution in [0.3, 0.4) is 0 Å². The summed E-state index contributed by atoms with van der Waals surface area (Å²) < 4.78 is 68.5. The molecule has 0 heterocycles. The number of phosphoric ester groups is 2. The molecule has 0 radical (unpaired) electrons. The van der Waals surface area contributed by atoms with E-state index in [4.69, 9.17) is 37.0 Å². The van der Waals surface area contributed by atoms with Crippen LogP contribution in [0.1, 0.15) is 336 Å². The minimum Gasteiger partial charge on any atom is -0.462 e. The predicted octanol–water partition coefficient (Wildman–Crippen LogP) is 23.3. The average Bonchev–Trinajstić information content (AvgIpc) is 0.928. The maximum Gasteiger partial charge on any atom is 0.472 e. The summed E-state index contributed by atoms with van der Waals surface area (Å²) >= 11 is 0. The second-order valence-corrected chi connectivity index (χ2v) is 29.5. The van der Waals surface area contributed by atoms with E-state index in [1.54, 1.807) is 0 Å². The Morgan fingerprint density at radius 3 is 0.853 bits per heavy atom. The number of hydrogen-bond acceptors (Lipinski definition) is 15. The fourth-order valence-electron chi connectivity index (χ4n) is 10.6. The van der Waals surface area contributed by atoms with Gasteiger partial charge in [0.15, 0.2) is 12.2 Å². The maximum absolute atomic E-state index is 13.1. The summed E-state index contributed by atoms with van der Waals surface area (Å²) in [5.41, 5.74) is 0. The van der Waals surface area contributed by atoms with Crippen LogP contribution in [0.4, 0.5) is 0 Å². The number of phosphoric acid groups is 2. The Labute approximate surface area is 619 Å². The van der Waals surface area contributed by atoms with Crippen LogP contribution in [-0.4, -0.2) is 96.7 Å². The van der Waals surface area contributed by atoms with E-state index in [1.807, 2.05) is 0 Å². The molecule has 5 atom stereocenters. The van der Waals surface area contributed by atoms with Crippen LogP contribution in [0.15, 0.2) is 109 Å². The highest BCUT2D eigenvalue weighted by atomic mass is 31.2. The Morgan fingerprint density at radius 2 is 0.520 bits per heavy atom. The van der Waals surface area contributed by atoms with E-state index in [0.29, 0.717) is 25.7 Å². The molecule has 0 rings (SSSR count). The summed E-state index contributed by atoms with van der Waals surface area (Å²) in [6.45, 7) is 4.66. The minimum atomic E-state index is -4.98. The third kappa shape index (κ3) is 74.0. The first-order chi connectivity index (χ1) is 49.7. The van der Waals surface area contributed by atoms with Gasteiger partial charge in [0.25, 0.3) is 0 Å². The lowest BCUT2D eigenvalue weighted by molar-refractivity contribution is -0.161. The number of aliphatic hydroxyl groups excluding tert-OH is 1. The molecule has 3 N–H and O–H groups in total. The highest BCUT2D eigenvalue weighted by Gasteiger charge is 2.30. The summed E-state index contributed by atoms with van der Waals surface area (Å²) in [6, 6.07) is 0. The first-order valence-corrected chi connectivity index (χ1v) is 43.1. The van der Waals surface area contributed by atoms with Crippen molar-refractivity contribution in [1.29, 1.82) is 0 Å². The van der Waals surface area contributed by atoms with Gasteiger partial charge in [-0.2, -0.15) is 0 Å². The number of allylic oxidation sites excluding steroid dienone is 18. The molecule has 0 spiro atoms. The molecule has 0 saturated heterocycles. The molecule has 588 valence electrons. The van der Waals surface area contributed by atoms with Gasteiger partial charge in [-0.1, -0.05) is 291 Å². The third-order valence-electron chi connectivity index (χ3n) is 16.7. The van der Waals surface area contributed by atoms with Crippen LogP contribution in [0.25, 0.3) is 0 Å². The van der Waals surface area contributed by atoms with E-state index in [1.165, 1.54) is 83.5 Å². The zero-order chi connectivity index (χ0) is 74.6. The second-order valence-electron chi connectivity index (χ2n) is 26.6. The van der Waals surface area contributed by atoms with E-state index in [-0.39, 0.29) is 25.7 Å². The van der Waals surface area contributed by atoms with Gasteiger partial charge < -0.3 is 33.8 Å². The lowest BCUT2D eigenvalue weighted by atomic mass is 10.0. The number of hydrogen-bond donors (Lipinski definition) is 3. The van der Waals surface area contributed by atoms with E-state index >= 15 is 0 Å². The number of carbonyl (C=O) groups excluding carboxylic acids is 4. The van der Waals surface area contributed by atoms with Crippen molar-refractivity contribution in [3.63, 3.8) is 0 Å². The highest BCUT2D eigenvalue weighted by molar-refractivity contribution is 7.47. The van der Waals surface area contributed by atoms with Crippen molar-refractivity contribution < 1.29 is 80.2 Å². The lowest BCUT2D eigenvalue weighted by Gasteiger charge is -2.21. The largest absolute Gasteiger partial charge is 0.472 e. The van der Waals surface area contributed by atoms with Crippen LogP contribution < -0.4 is 0 Å². The van der Waals surface area contributed by atoms with Gasteiger partial charge in [-0.05, 0) is 128 Å².